The van der Waals surface area contributed by atoms with Crippen LogP contribution in [0.4, 0.5) is 0 Å². The summed E-state index contributed by atoms with van der Waals surface area (Å²) in [6.45, 7) is 0. The van der Waals surface area contributed by atoms with E-state index in [1.54, 1.807) is 0 Å². The van der Waals surface area contributed by atoms with E-state index in [1.807, 2.05) is 78.9 Å². The molecular weight excluding hydrogens is 1400 g/mol. The third-order valence-electron chi connectivity index (χ3n) is 21.8. The lowest BCUT2D eigenvalue weighted by Gasteiger charge is -2.19. The van der Waals surface area contributed by atoms with Gasteiger partial charge in [0, 0.05) is 36.8 Å². The first-order valence-electron chi connectivity index (χ1n) is 37.1. The van der Waals surface area contributed by atoms with E-state index in [0.717, 1.165) is 83.3 Å². The first-order valence-corrected chi connectivity index (χ1v) is 37.9. The van der Waals surface area contributed by atoms with Crippen molar-refractivity contribution < 1.29 is 18.5 Å². The molecule has 110 heavy (non-hydrogen) atoms. The lowest BCUT2D eigenvalue weighted by molar-refractivity contribution is 0.459. The molecule has 20 aromatic carbocycles. The lowest BCUT2D eigenvalue weighted by atomic mass is 9.84. The number of benzene rings is 20. The summed E-state index contributed by atoms with van der Waals surface area (Å²) in [5.74, 6) is 0.661. The number of fused-ring (bicyclic) bond motifs is 16. The maximum atomic E-state index is 9.50. The van der Waals surface area contributed by atoms with Gasteiger partial charge in [-0.3, -0.25) is 0 Å². The van der Waals surface area contributed by atoms with Crippen molar-refractivity contribution in [3.8, 4) is 83.6 Å². The van der Waals surface area contributed by atoms with Gasteiger partial charge in [-0.1, -0.05) is 325 Å². The van der Waals surface area contributed by atoms with Gasteiger partial charge in [-0.2, -0.15) is 0 Å². The van der Waals surface area contributed by atoms with Crippen LogP contribution in [0.1, 0.15) is 0 Å². The summed E-state index contributed by atoms with van der Waals surface area (Å²) in [4.78, 5) is 0. The van der Waals surface area contributed by atoms with E-state index in [4.69, 9.17) is 13.5 Å². The molecule has 0 saturated carbocycles. The highest BCUT2D eigenvalue weighted by atomic mass is 79.9. The minimum Gasteiger partial charge on any atom is -0.537 e. The van der Waals surface area contributed by atoms with Gasteiger partial charge in [0.25, 0.3) is 0 Å². The summed E-state index contributed by atoms with van der Waals surface area (Å²) >= 11 is 3.52. The standard InChI is InChI=1S/C52H32O.C34H22BO2.C18H11BrO/c1-2-18-39-36(13-1)32-47(41-20-4-3-19-40(39)41)35-15-12-17-38(30-35)52-45-24-7-5-22-43(45)51(44-23-6-8-25-46(44)52)37-16-11-14-33(29-37)34-27-28-50-48(31-34)42-21-9-10-26-49(42)53-50;36-35-37-34-30-18-7-5-16-28(30)33(29-17-6-8-19-31(29)34)24-12-9-11-22(20-24)32-21-23-10-1-2-13-25(23)26-14-3-4-15-27(26)32;19-14-5-3-4-12(10-14)13-8-9-18-16(11-13)15-6-1-2-7-17(15)20-18/h1-32H;1-21,36H;1-11H. The Labute approximate surface area is 644 Å². The number of para-hydroxylation sites is 2. The van der Waals surface area contributed by atoms with Gasteiger partial charge in [0.15, 0.2) is 0 Å². The number of hydrogen-bond acceptors (Lipinski definition) is 4. The zero-order valence-corrected chi connectivity index (χ0v) is 61.2. The van der Waals surface area contributed by atoms with Gasteiger partial charge < -0.3 is 18.5 Å². The Bertz CT molecular complexity index is 7300. The summed E-state index contributed by atoms with van der Waals surface area (Å²) in [7, 11) is 0.763. The van der Waals surface area contributed by atoms with Crippen LogP contribution in [0.3, 0.4) is 0 Å². The van der Waals surface area contributed by atoms with Crippen LogP contribution < -0.4 is 4.65 Å². The van der Waals surface area contributed by atoms with Crippen molar-refractivity contribution in [2.24, 2.45) is 0 Å². The van der Waals surface area contributed by atoms with Crippen molar-refractivity contribution in [1.29, 1.82) is 0 Å². The van der Waals surface area contributed by atoms with E-state index in [9.17, 15) is 5.02 Å². The molecule has 2 aromatic heterocycles. The normalized spacial score (nSPS) is 11.5. The molecule has 0 bridgehead atoms. The van der Waals surface area contributed by atoms with Crippen LogP contribution in [0.2, 0.25) is 0 Å². The molecule has 515 valence electrons. The van der Waals surface area contributed by atoms with E-state index >= 15 is 0 Å². The van der Waals surface area contributed by atoms with E-state index < -0.39 is 0 Å². The van der Waals surface area contributed by atoms with Crippen LogP contribution in [0, 0.1) is 0 Å². The van der Waals surface area contributed by atoms with E-state index in [0.29, 0.717) is 5.75 Å². The van der Waals surface area contributed by atoms with Crippen LogP contribution >= 0.6 is 15.9 Å². The zero-order chi connectivity index (χ0) is 73.2. The Hall–Kier alpha value is -13.6. The fourth-order valence-electron chi connectivity index (χ4n) is 16.9. The van der Waals surface area contributed by atoms with Gasteiger partial charge >= 0.3 is 7.69 Å². The summed E-state index contributed by atoms with van der Waals surface area (Å²) in [5, 5.41) is 33.3. The maximum Gasteiger partial charge on any atom is 0.569 e. The Morgan fingerprint density at radius 2 is 0.500 bits per heavy atom. The summed E-state index contributed by atoms with van der Waals surface area (Å²) in [5.41, 5.74) is 20.6. The van der Waals surface area contributed by atoms with Gasteiger partial charge in [-0.15, -0.1) is 0 Å². The number of furan rings is 2. The molecule has 0 spiro atoms. The molecule has 6 heteroatoms. The monoisotopic (exact) mass is 1470 g/mol. The average Bonchev–Trinajstić information content (AvgIpc) is 1.02. The van der Waals surface area contributed by atoms with Crippen LogP contribution in [0.5, 0.6) is 5.75 Å². The Kier molecular flexibility index (Phi) is 16.7. The molecule has 1 N–H and O–H groups in total. The molecule has 0 fully saturated rings. The summed E-state index contributed by atoms with van der Waals surface area (Å²) in [6, 6.07) is 138. The van der Waals surface area contributed by atoms with Crippen LogP contribution in [-0.2, 0) is 0 Å². The van der Waals surface area contributed by atoms with Crippen molar-refractivity contribution in [2.75, 3.05) is 0 Å². The molecule has 0 aliphatic carbocycles. The third kappa shape index (κ3) is 11.7. The van der Waals surface area contributed by atoms with Gasteiger partial charge in [0.05, 0.1) is 0 Å². The fraction of sp³-hybridized carbons (Fsp3) is 0. The molecule has 1 radical (unpaired) electrons. The molecule has 22 aromatic rings. The minimum atomic E-state index is 0.661. The topological polar surface area (TPSA) is 55.7 Å². The summed E-state index contributed by atoms with van der Waals surface area (Å²) in [6.07, 6.45) is 0. The highest BCUT2D eigenvalue weighted by Gasteiger charge is 2.22. The molecule has 0 aliphatic heterocycles. The predicted molar refractivity (Wildman–Crippen MR) is 468 cm³/mol. The lowest BCUT2D eigenvalue weighted by Crippen LogP contribution is -2.02. The van der Waals surface area contributed by atoms with Crippen molar-refractivity contribution >= 4 is 154 Å². The van der Waals surface area contributed by atoms with Crippen molar-refractivity contribution in [2.45, 2.75) is 0 Å². The predicted octanol–water partition coefficient (Wildman–Crippen LogP) is 29.4. The van der Waals surface area contributed by atoms with E-state index in [2.05, 4.69) is 325 Å². The Balaban J connectivity index is 0.000000120. The molecule has 0 amide bonds. The van der Waals surface area contributed by atoms with Gasteiger partial charge in [0.2, 0.25) is 0 Å². The highest BCUT2D eigenvalue weighted by Crippen LogP contribution is 2.49. The number of rotatable bonds is 9. The summed E-state index contributed by atoms with van der Waals surface area (Å²) < 4.78 is 18.7. The molecule has 2 heterocycles. The van der Waals surface area contributed by atoms with Crippen LogP contribution in [-0.4, -0.2) is 12.7 Å². The van der Waals surface area contributed by atoms with Crippen molar-refractivity contribution in [1.82, 2.24) is 0 Å². The first kappa shape index (κ1) is 65.9. The largest absolute Gasteiger partial charge is 0.569 e. The maximum absolute atomic E-state index is 9.50. The zero-order valence-electron chi connectivity index (χ0n) is 59.6. The third-order valence-corrected chi connectivity index (χ3v) is 22.3. The highest BCUT2D eigenvalue weighted by molar-refractivity contribution is 9.10. The number of hydrogen-bond donors (Lipinski definition) is 1. The van der Waals surface area contributed by atoms with Gasteiger partial charge in [-0.05, 0) is 232 Å². The van der Waals surface area contributed by atoms with Gasteiger partial charge in [0.1, 0.15) is 28.1 Å². The Morgan fingerprint density at radius 3 is 0.909 bits per heavy atom. The molecule has 4 nitrogen and oxygen atoms in total. The fourth-order valence-corrected chi connectivity index (χ4v) is 17.3. The van der Waals surface area contributed by atoms with Crippen LogP contribution in [0.25, 0.3) is 208 Å². The van der Waals surface area contributed by atoms with E-state index in [1.165, 1.54) is 137 Å². The molecule has 0 unspecified atom stereocenters. The van der Waals surface area contributed by atoms with Gasteiger partial charge in [-0.25, -0.2) is 0 Å². The first-order chi connectivity index (χ1) is 54.4. The van der Waals surface area contributed by atoms with Crippen molar-refractivity contribution in [3.63, 3.8) is 0 Å². The smallest absolute Gasteiger partial charge is 0.537 e. The SMILES string of the molecule is Brc1cccc(-c2ccc3oc4ccccc4c3c2)c1.O[B]Oc1c2ccccc2c(-c2cccc(-c3cc4ccccc4c4ccccc34)c2)c2ccccc12.c1cc(-c2ccc3oc4ccccc4c3c2)cc(-c2c3ccccc3c(-c3cccc(-c4cc5ccccc5c5ccccc45)c3)c3ccccc23)c1. The Morgan fingerprint density at radius 1 is 0.209 bits per heavy atom. The van der Waals surface area contributed by atoms with E-state index in [-0.39, 0.29) is 0 Å². The second kappa shape index (κ2) is 27.9. The van der Waals surface area contributed by atoms with Crippen molar-refractivity contribution in [3.05, 3.63) is 393 Å². The molecule has 22 rings (SSSR count). The minimum absolute atomic E-state index is 0.661. The second-order valence-corrected chi connectivity index (χ2v) is 29.0. The molecular formula is C104H65BBrO4. The average molecular weight is 1470 g/mol. The number of halogens is 1. The molecule has 0 saturated heterocycles. The molecule has 0 aliphatic rings. The second-order valence-electron chi connectivity index (χ2n) is 28.1. The molecule has 0 atom stereocenters. The quantitative estimate of drug-likeness (QED) is 0.0889. The van der Waals surface area contributed by atoms with Crippen LogP contribution in [0.15, 0.2) is 402 Å².